The van der Waals surface area contributed by atoms with E-state index in [4.69, 9.17) is 0 Å². The maximum Gasteiger partial charge on any atom is 0.215 e. The van der Waals surface area contributed by atoms with Gasteiger partial charge in [0.15, 0.2) is 0 Å². The lowest BCUT2D eigenvalue weighted by Crippen LogP contribution is -2.20. The van der Waals surface area contributed by atoms with Crippen molar-refractivity contribution in [3.05, 3.63) is 70.3 Å². The molecule has 5 heteroatoms. The van der Waals surface area contributed by atoms with Crippen molar-refractivity contribution in [3.8, 4) is 0 Å². The molecular formula is C19H26N2O2S. The molecule has 0 radical (unpaired) electrons. The fraction of sp³-hybridized carbons (Fsp3) is 0.368. The zero-order chi connectivity index (χ0) is 17.7. The molecule has 0 amide bonds. The summed E-state index contributed by atoms with van der Waals surface area (Å²) in [5.41, 5.74) is 5.86. The molecule has 2 aromatic carbocycles. The Morgan fingerprint density at radius 3 is 2.25 bits per heavy atom. The first-order valence-corrected chi connectivity index (χ1v) is 9.76. The van der Waals surface area contributed by atoms with Crippen LogP contribution in [0.4, 0.5) is 0 Å². The lowest BCUT2D eigenvalue weighted by molar-refractivity contribution is 0.571. The Bertz CT molecular complexity index is 784. The molecule has 0 saturated carbocycles. The van der Waals surface area contributed by atoms with E-state index in [1.54, 1.807) is 0 Å². The van der Waals surface area contributed by atoms with Crippen LogP contribution >= 0.6 is 0 Å². The molecule has 0 spiro atoms. The molecule has 0 unspecified atom stereocenters. The van der Waals surface area contributed by atoms with Crippen LogP contribution in [0.2, 0.25) is 0 Å². The predicted octanol–water partition coefficient (Wildman–Crippen LogP) is 3.20. The van der Waals surface area contributed by atoms with Crippen molar-refractivity contribution in [2.45, 2.75) is 39.1 Å². The normalized spacial score (nSPS) is 13.0. The third-order valence-corrected chi connectivity index (χ3v) is 5.75. The molecule has 4 nitrogen and oxygen atoms in total. The Morgan fingerprint density at radius 1 is 1.00 bits per heavy atom. The molecule has 2 N–H and O–H groups in total. The van der Waals surface area contributed by atoms with Crippen molar-refractivity contribution < 1.29 is 8.42 Å². The van der Waals surface area contributed by atoms with Crippen LogP contribution in [0.5, 0.6) is 0 Å². The summed E-state index contributed by atoms with van der Waals surface area (Å²) < 4.78 is 25.5. The highest BCUT2D eigenvalue weighted by Crippen LogP contribution is 2.20. The molecule has 0 aliphatic carbocycles. The predicted molar refractivity (Wildman–Crippen MR) is 99.3 cm³/mol. The van der Waals surface area contributed by atoms with Gasteiger partial charge in [-0.2, -0.15) is 0 Å². The van der Waals surface area contributed by atoms with Gasteiger partial charge in [-0.05, 0) is 55.6 Å². The maximum atomic E-state index is 11.6. The van der Waals surface area contributed by atoms with E-state index in [0.29, 0.717) is 0 Å². The summed E-state index contributed by atoms with van der Waals surface area (Å²) in [4.78, 5) is 0. The van der Waals surface area contributed by atoms with Gasteiger partial charge in [0.2, 0.25) is 10.0 Å². The molecule has 1 atom stereocenters. The van der Waals surface area contributed by atoms with Crippen molar-refractivity contribution in [1.29, 1.82) is 0 Å². The van der Waals surface area contributed by atoms with Crippen LogP contribution in [0.3, 0.4) is 0 Å². The SMILES string of the molecule is CNS(=O)(=O)Cc1ccc(CN[C@@H](C)c2cccc(C)c2C)cc1. The number of hydrogen-bond acceptors (Lipinski definition) is 3. The second-order valence-electron chi connectivity index (χ2n) is 6.17. The van der Waals surface area contributed by atoms with Crippen LogP contribution in [0.1, 0.15) is 40.8 Å². The Balaban J connectivity index is 1.98. The second-order valence-corrected chi connectivity index (χ2v) is 8.10. The first-order chi connectivity index (χ1) is 11.3. The molecular weight excluding hydrogens is 320 g/mol. The Labute approximate surface area is 145 Å². The van der Waals surface area contributed by atoms with E-state index in [0.717, 1.165) is 17.7 Å². The van der Waals surface area contributed by atoms with Crippen molar-refractivity contribution in [1.82, 2.24) is 10.0 Å². The number of benzene rings is 2. The van der Waals surface area contributed by atoms with E-state index in [1.165, 1.54) is 23.7 Å². The topological polar surface area (TPSA) is 58.2 Å². The minimum absolute atomic E-state index is 0.0100. The number of rotatable bonds is 7. The maximum absolute atomic E-state index is 11.6. The fourth-order valence-electron chi connectivity index (χ4n) is 2.67. The van der Waals surface area contributed by atoms with E-state index in [9.17, 15) is 8.42 Å². The molecule has 0 fully saturated rings. The van der Waals surface area contributed by atoms with Gasteiger partial charge in [-0.1, -0.05) is 42.5 Å². The number of sulfonamides is 1. The van der Waals surface area contributed by atoms with Gasteiger partial charge >= 0.3 is 0 Å². The summed E-state index contributed by atoms with van der Waals surface area (Å²) in [6.07, 6.45) is 0. The highest BCUT2D eigenvalue weighted by molar-refractivity contribution is 7.88. The summed E-state index contributed by atoms with van der Waals surface area (Å²) in [5, 5.41) is 3.53. The van der Waals surface area contributed by atoms with Crippen LogP contribution in [-0.4, -0.2) is 15.5 Å². The van der Waals surface area contributed by atoms with E-state index >= 15 is 0 Å². The Kier molecular flexibility index (Phi) is 6.15. The van der Waals surface area contributed by atoms with E-state index in [-0.39, 0.29) is 11.8 Å². The number of nitrogens with one attached hydrogen (secondary N) is 2. The van der Waals surface area contributed by atoms with Gasteiger partial charge in [0.05, 0.1) is 5.75 Å². The molecule has 0 aliphatic heterocycles. The van der Waals surface area contributed by atoms with Crippen LogP contribution in [-0.2, 0) is 22.3 Å². The first-order valence-electron chi connectivity index (χ1n) is 8.11. The van der Waals surface area contributed by atoms with E-state index in [1.807, 2.05) is 24.3 Å². The lowest BCUT2D eigenvalue weighted by atomic mass is 9.98. The molecule has 0 aliphatic rings. The van der Waals surface area contributed by atoms with Gasteiger partial charge in [-0.25, -0.2) is 13.1 Å². The largest absolute Gasteiger partial charge is 0.306 e. The quantitative estimate of drug-likeness (QED) is 0.809. The van der Waals surface area contributed by atoms with Gasteiger partial charge in [-0.15, -0.1) is 0 Å². The minimum atomic E-state index is -3.22. The molecule has 24 heavy (non-hydrogen) atoms. The smallest absolute Gasteiger partial charge is 0.215 e. The van der Waals surface area contributed by atoms with Crippen LogP contribution in [0, 0.1) is 13.8 Å². The highest BCUT2D eigenvalue weighted by atomic mass is 32.2. The van der Waals surface area contributed by atoms with Gasteiger partial charge in [0.25, 0.3) is 0 Å². The van der Waals surface area contributed by atoms with Crippen molar-refractivity contribution in [3.63, 3.8) is 0 Å². The third kappa shape index (κ3) is 4.90. The standard InChI is InChI=1S/C19H26N2O2S/c1-14-6-5-7-19(15(14)2)16(3)21-12-17-8-10-18(11-9-17)13-24(22,23)20-4/h5-11,16,20-21H,12-13H2,1-4H3/t16-/m0/s1. The highest BCUT2D eigenvalue weighted by Gasteiger charge is 2.10. The Hall–Kier alpha value is -1.69. The van der Waals surface area contributed by atoms with Gasteiger partial charge < -0.3 is 5.32 Å². The summed E-state index contributed by atoms with van der Waals surface area (Å²) >= 11 is 0. The fourth-order valence-corrected chi connectivity index (χ4v) is 3.44. The zero-order valence-corrected chi connectivity index (χ0v) is 15.6. The molecule has 2 rings (SSSR count). The second kappa shape index (κ2) is 7.92. The molecule has 0 saturated heterocycles. The summed E-state index contributed by atoms with van der Waals surface area (Å²) in [6, 6.07) is 14.3. The average Bonchev–Trinajstić information content (AvgIpc) is 2.56. The van der Waals surface area contributed by atoms with Gasteiger partial charge in [-0.3, -0.25) is 0 Å². The molecule has 0 aromatic heterocycles. The van der Waals surface area contributed by atoms with Crippen molar-refractivity contribution >= 4 is 10.0 Å². The van der Waals surface area contributed by atoms with Crippen LogP contribution < -0.4 is 10.0 Å². The number of hydrogen-bond donors (Lipinski definition) is 2. The summed E-state index contributed by atoms with van der Waals surface area (Å²) in [6.45, 7) is 7.19. The van der Waals surface area contributed by atoms with Gasteiger partial charge in [0, 0.05) is 12.6 Å². The molecule has 0 heterocycles. The van der Waals surface area contributed by atoms with E-state index < -0.39 is 10.0 Å². The van der Waals surface area contributed by atoms with E-state index in [2.05, 4.69) is 49.0 Å². The lowest BCUT2D eigenvalue weighted by Gasteiger charge is -2.18. The Morgan fingerprint density at radius 2 is 1.62 bits per heavy atom. The van der Waals surface area contributed by atoms with Crippen molar-refractivity contribution in [2.24, 2.45) is 0 Å². The number of aryl methyl sites for hydroxylation is 1. The third-order valence-electron chi connectivity index (χ3n) is 4.42. The van der Waals surface area contributed by atoms with Crippen LogP contribution in [0.15, 0.2) is 42.5 Å². The molecule has 0 bridgehead atoms. The van der Waals surface area contributed by atoms with Crippen molar-refractivity contribution in [2.75, 3.05) is 7.05 Å². The summed E-state index contributed by atoms with van der Waals surface area (Å²) in [7, 11) is -1.79. The minimum Gasteiger partial charge on any atom is -0.306 e. The van der Waals surface area contributed by atoms with Crippen LogP contribution in [0.25, 0.3) is 0 Å². The monoisotopic (exact) mass is 346 g/mol. The first kappa shape index (κ1) is 18.6. The van der Waals surface area contributed by atoms with Gasteiger partial charge in [0.1, 0.15) is 0 Å². The molecule has 2 aromatic rings. The summed E-state index contributed by atoms with van der Waals surface area (Å²) in [5.74, 6) is 0.0100. The zero-order valence-electron chi connectivity index (χ0n) is 14.8. The molecule has 130 valence electrons. The average molecular weight is 346 g/mol.